The van der Waals surface area contributed by atoms with Gasteiger partial charge in [-0.25, -0.2) is 4.98 Å². The van der Waals surface area contributed by atoms with E-state index in [-0.39, 0.29) is 19.1 Å². The number of hydrogen-bond donors (Lipinski definition) is 2. The number of nitrogens with zero attached hydrogens (tertiary/aromatic N) is 2. The smallest absolute Gasteiger partial charge is 0.265 e. The molecule has 0 spiro atoms. The average molecular weight is 374 g/mol. The summed E-state index contributed by atoms with van der Waals surface area (Å²) in [6, 6.07) is 5.44. The molecule has 0 bridgehead atoms. The molecule has 136 valence electrons. The van der Waals surface area contributed by atoms with E-state index in [0.29, 0.717) is 11.4 Å². The second kappa shape index (κ2) is 7.12. The molecule has 0 atom stereocenters. The molecule has 0 aliphatic carbocycles. The van der Waals surface area contributed by atoms with Crippen molar-refractivity contribution in [3.05, 3.63) is 28.1 Å². The Morgan fingerprint density at radius 3 is 2.73 bits per heavy atom. The van der Waals surface area contributed by atoms with Gasteiger partial charge < -0.3 is 4.74 Å². The number of nitrogens with one attached hydrogen (secondary N) is 2. The predicted octanol–water partition coefficient (Wildman–Crippen LogP) is 1.32. The van der Waals surface area contributed by atoms with Gasteiger partial charge in [-0.2, -0.15) is 0 Å². The van der Waals surface area contributed by atoms with Crippen LogP contribution in [0.15, 0.2) is 18.2 Å². The second-order valence-corrected chi connectivity index (χ2v) is 7.23. The van der Waals surface area contributed by atoms with E-state index in [0.717, 1.165) is 21.1 Å². The van der Waals surface area contributed by atoms with Gasteiger partial charge in [0.2, 0.25) is 5.91 Å². The van der Waals surface area contributed by atoms with Crippen LogP contribution in [0.2, 0.25) is 0 Å². The van der Waals surface area contributed by atoms with Crippen molar-refractivity contribution in [2.75, 3.05) is 18.1 Å². The first kappa shape index (κ1) is 17.9. The number of aromatic nitrogens is 1. The van der Waals surface area contributed by atoms with Gasteiger partial charge in [-0.1, -0.05) is 0 Å². The summed E-state index contributed by atoms with van der Waals surface area (Å²) in [4.78, 5) is 42.1. The molecule has 1 aromatic heterocycles. The molecule has 1 aromatic carbocycles. The van der Waals surface area contributed by atoms with E-state index < -0.39 is 11.8 Å². The Labute approximate surface area is 154 Å². The number of carbonyl (C=O) groups is 3. The van der Waals surface area contributed by atoms with Crippen molar-refractivity contribution in [2.45, 2.75) is 20.8 Å². The van der Waals surface area contributed by atoms with Crippen molar-refractivity contribution in [3.63, 3.8) is 0 Å². The third kappa shape index (κ3) is 3.67. The van der Waals surface area contributed by atoms with Gasteiger partial charge in [0.15, 0.2) is 6.61 Å². The minimum Gasteiger partial charge on any atom is -0.482 e. The Morgan fingerprint density at radius 2 is 2.08 bits per heavy atom. The standard InChI is InChI=1S/C17H18N4O4S/c1-9-17(18-11(3)26-9)12-4-5-14-13(6-12)21(16(24)8-25-14)7-15(23)20-19-10(2)22/h4-6H,7-8H2,1-3H3,(H,19,22)(H,20,23). The molecule has 9 heteroatoms. The third-order valence-electron chi connectivity index (χ3n) is 3.76. The normalized spacial score (nSPS) is 13.0. The molecule has 3 rings (SSSR count). The monoisotopic (exact) mass is 374 g/mol. The lowest BCUT2D eigenvalue weighted by Crippen LogP contribution is -2.49. The number of benzene rings is 1. The van der Waals surface area contributed by atoms with Crippen molar-refractivity contribution in [3.8, 4) is 17.0 Å². The number of carbonyl (C=O) groups excluding carboxylic acids is 3. The maximum atomic E-state index is 12.3. The largest absolute Gasteiger partial charge is 0.482 e. The van der Waals surface area contributed by atoms with Crippen LogP contribution in [0.3, 0.4) is 0 Å². The highest BCUT2D eigenvalue weighted by molar-refractivity contribution is 7.11. The second-order valence-electron chi connectivity index (χ2n) is 5.82. The minimum atomic E-state index is -0.507. The van der Waals surface area contributed by atoms with Crippen LogP contribution in [0.1, 0.15) is 16.8 Å². The highest BCUT2D eigenvalue weighted by Gasteiger charge is 2.28. The van der Waals surface area contributed by atoms with Crippen molar-refractivity contribution >= 4 is 34.7 Å². The Kier molecular flexibility index (Phi) is 4.90. The number of anilines is 1. The fourth-order valence-corrected chi connectivity index (χ4v) is 3.50. The van der Waals surface area contributed by atoms with E-state index in [4.69, 9.17) is 4.74 Å². The quantitative estimate of drug-likeness (QED) is 0.789. The number of hydrogen-bond acceptors (Lipinski definition) is 6. The Bertz CT molecular complexity index is 893. The van der Waals surface area contributed by atoms with Crippen LogP contribution in [-0.2, 0) is 14.4 Å². The lowest BCUT2D eigenvalue weighted by atomic mass is 10.1. The number of amides is 3. The lowest BCUT2D eigenvalue weighted by Gasteiger charge is -2.29. The summed E-state index contributed by atoms with van der Waals surface area (Å²) in [7, 11) is 0. The zero-order valence-corrected chi connectivity index (χ0v) is 15.4. The lowest BCUT2D eigenvalue weighted by molar-refractivity contribution is -0.128. The predicted molar refractivity (Wildman–Crippen MR) is 96.8 cm³/mol. The van der Waals surface area contributed by atoms with Gasteiger partial charge in [0, 0.05) is 17.4 Å². The molecule has 0 saturated heterocycles. The molecule has 1 aliphatic rings. The highest BCUT2D eigenvalue weighted by Crippen LogP contribution is 2.37. The van der Waals surface area contributed by atoms with E-state index in [1.807, 2.05) is 19.9 Å². The van der Waals surface area contributed by atoms with Crippen LogP contribution in [-0.4, -0.2) is 35.9 Å². The van der Waals surface area contributed by atoms with Crippen LogP contribution in [0, 0.1) is 13.8 Å². The summed E-state index contributed by atoms with van der Waals surface area (Å²) in [6.45, 7) is 4.83. The van der Waals surface area contributed by atoms with Crippen molar-refractivity contribution in [1.82, 2.24) is 15.8 Å². The summed E-state index contributed by atoms with van der Waals surface area (Å²) in [6.07, 6.45) is 0. The van der Waals surface area contributed by atoms with Crippen molar-refractivity contribution < 1.29 is 19.1 Å². The zero-order valence-electron chi connectivity index (χ0n) is 14.6. The van der Waals surface area contributed by atoms with Gasteiger partial charge >= 0.3 is 0 Å². The number of thiazole rings is 1. The SMILES string of the molecule is CC(=O)NNC(=O)CN1C(=O)COc2ccc(-c3nc(C)sc3C)cc21. The molecule has 0 fully saturated rings. The molecule has 3 amide bonds. The van der Waals surface area contributed by atoms with Gasteiger partial charge in [0.1, 0.15) is 12.3 Å². The van der Waals surface area contributed by atoms with Gasteiger partial charge in [0.25, 0.3) is 11.8 Å². The summed E-state index contributed by atoms with van der Waals surface area (Å²) < 4.78 is 5.46. The molecule has 8 nitrogen and oxygen atoms in total. The van der Waals surface area contributed by atoms with Gasteiger partial charge in [0.05, 0.1) is 16.4 Å². The fraction of sp³-hybridized carbons (Fsp3) is 0.294. The van der Waals surface area contributed by atoms with Gasteiger partial charge in [-0.05, 0) is 32.0 Å². The third-order valence-corrected chi connectivity index (χ3v) is 4.64. The maximum absolute atomic E-state index is 12.3. The van der Waals surface area contributed by atoms with Crippen LogP contribution in [0.25, 0.3) is 11.3 Å². The first-order valence-electron chi connectivity index (χ1n) is 7.92. The molecule has 0 unspecified atom stereocenters. The topological polar surface area (TPSA) is 101 Å². The van der Waals surface area contributed by atoms with E-state index in [9.17, 15) is 14.4 Å². The van der Waals surface area contributed by atoms with E-state index in [1.54, 1.807) is 23.5 Å². The first-order valence-corrected chi connectivity index (χ1v) is 8.74. The molecular weight excluding hydrogens is 356 g/mol. The van der Waals surface area contributed by atoms with Gasteiger partial charge in [-0.15, -0.1) is 11.3 Å². The average Bonchev–Trinajstić information content (AvgIpc) is 2.93. The molecule has 2 aromatic rings. The first-order chi connectivity index (χ1) is 12.3. The highest BCUT2D eigenvalue weighted by atomic mass is 32.1. The number of fused-ring (bicyclic) bond motifs is 1. The molecule has 1 aliphatic heterocycles. The maximum Gasteiger partial charge on any atom is 0.265 e. The van der Waals surface area contributed by atoms with Crippen molar-refractivity contribution in [2.24, 2.45) is 0 Å². The Hall–Kier alpha value is -2.94. The molecule has 2 N–H and O–H groups in total. The summed E-state index contributed by atoms with van der Waals surface area (Å²) >= 11 is 1.60. The molecule has 0 radical (unpaired) electrons. The van der Waals surface area contributed by atoms with Crippen LogP contribution >= 0.6 is 11.3 Å². The van der Waals surface area contributed by atoms with Crippen LogP contribution in [0.5, 0.6) is 5.75 Å². The number of aryl methyl sites for hydroxylation is 2. The number of hydrazine groups is 1. The van der Waals surface area contributed by atoms with Crippen LogP contribution < -0.4 is 20.5 Å². The summed E-state index contributed by atoms with van der Waals surface area (Å²) in [5.41, 5.74) is 6.65. The van der Waals surface area contributed by atoms with Gasteiger partial charge in [-0.3, -0.25) is 30.1 Å². The Morgan fingerprint density at radius 1 is 1.31 bits per heavy atom. The molecular formula is C17H18N4O4S. The molecule has 26 heavy (non-hydrogen) atoms. The zero-order chi connectivity index (χ0) is 18.8. The fourth-order valence-electron chi connectivity index (χ4n) is 2.66. The Balaban J connectivity index is 1.90. The molecule has 0 saturated carbocycles. The van der Waals surface area contributed by atoms with Crippen LogP contribution in [0.4, 0.5) is 5.69 Å². The number of ether oxygens (including phenoxy) is 1. The van der Waals surface area contributed by atoms with E-state index in [2.05, 4.69) is 15.8 Å². The minimum absolute atomic E-state index is 0.144. The van der Waals surface area contributed by atoms with E-state index in [1.165, 1.54) is 11.8 Å². The summed E-state index contributed by atoms with van der Waals surface area (Å²) in [5.74, 6) is -0.722. The van der Waals surface area contributed by atoms with E-state index >= 15 is 0 Å². The summed E-state index contributed by atoms with van der Waals surface area (Å²) in [5, 5.41) is 0.953. The molecule has 2 heterocycles. The number of rotatable bonds is 3. The van der Waals surface area contributed by atoms with Crippen molar-refractivity contribution in [1.29, 1.82) is 0 Å².